The van der Waals surface area contributed by atoms with E-state index in [1.807, 2.05) is 12.1 Å². The minimum atomic E-state index is 0.447. The van der Waals surface area contributed by atoms with E-state index in [1.54, 1.807) is 6.20 Å². The summed E-state index contributed by atoms with van der Waals surface area (Å²) in [5.74, 6) is 0. The Balaban J connectivity index is 1.83. The minimum Gasteiger partial charge on any atom is -0.307 e. The summed E-state index contributed by atoms with van der Waals surface area (Å²) in [6.07, 6.45) is 5.30. The van der Waals surface area contributed by atoms with E-state index in [-0.39, 0.29) is 0 Å². The molecule has 0 unspecified atom stereocenters. The van der Waals surface area contributed by atoms with Gasteiger partial charge < -0.3 is 5.32 Å². The number of aromatic amines is 1. The number of nitrogens with zero attached hydrogens (tertiary/aromatic N) is 2. The van der Waals surface area contributed by atoms with Gasteiger partial charge in [0.05, 0.1) is 5.69 Å². The topological polar surface area (TPSA) is 53.6 Å². The molecule has 4 heterocycles. The van der Waals surface area contributed by atoms with E-state index in [1.165, 1.54) is 24.1 Å². The van der Waals surface area contributed by atoms with Crippen molar-refractivity contribution in [3.8, 4) is 11.3 Å². The molecule has 1 saturated heterocycles. The number of H-pyrrole nitrogens is 1. The molecule has 0 spiro atoms. The zero-order chi connectivity index (χ0) is 12.1. The molecule has 5 heteroatoms. The zero-order valence-electron chi connectivity index (χ0n) is 9.78. The van der Waals surface area contributed by atoms with Gasteiger partial charge in [-0.05, 0) is 25.0 Å². The maximum Gasteiger partial charge on any atom is 0.129 e. The van der Waals surface area contributed by atoms with Gasteiger partial charge in [0.1, 0.15) is 5.15 Å². The third kappa shape index (κ3) is 1.49. The highest BCUT2D eigenvalue weighted by atomic mass is 35.5. The molecule has 2 N–H and O–H groups in total. The second-order valence-electron chi connectivity index (χ2n) is 5.03. The second-order valence-corrected chi connectivity index (χ2v) is 5.42. The molecule has 0 amide bonds. The van der Waals surface area contributed by atoms with Crippen molar-refractivity contribution in [2.75, 3.05) is 0 Å². The molecule has 0 aliphatic carbocycles. The molecule has 0 radical (unpaired) electrons. The molecule has 2 aliphatic heterocycles. The largest absolute Gasteiger partial charge is 0.307 e. The molecule has 2 aromatic rings. The third-order valence-electron chi connectivity index (χ3n) is 3.92. The smallest absolute Gasteiger partial charge is 0.129 e. The van der Waals surface area contributed by atoms with Crippen LogP contribution in [0.15, 0.2) is 18.3 Å². The second kappa shape index (κ2) is 3.80. The Morgan fingerprint density at radius 1 is 1.28 bits per heavy atom. The Kier molecular flexibility index (Phi) is 2.22. The number of aromatic nitrogens is 3. The zero-order valence-corrected chi connectivity index (χ0v) is 10.5. The van der Waals surface area contributed by atoms with Crippen LogP contribution in [-0.4, -0.2) is 21.2 Å². The number of hydrogen-bond acceptors (Lipinski definition) is 3. The lowest BCUT2D eigenvalue weighted by Gasteiger charge is -2.21. The standard InChI is InChI=1S/C13H13ClN4/c14-11-4-1-7(6-15-11)13-12-9-3-2-8(16-9)5-10(12)17-18-13/h1,4,6,8-9,16H,2-3,5H2,(H,17,18)/t8-,9+/m0/s1. The number of rotatable bonds is 1. The average Bonchev–Trinajstić information content (AvgIpc) is 2.96. The van der Waals surface area contributed by atoms with Gasteiger partial charge in [-0.3, -0.25) is 5.10 Å². The molecule has 0 aromatic carbocycles. The van der Waals surface area contributed by atoms with Crippen molar-refractivity contribution >= 4 is 11.6 Å². The molecule has 18 heavy (non-hydrogen) atoms. The molecule has 1 fully saturated rings. The highest BCUT2D eigenvalue weighted by molar-refractivity contribution is 6.29. The Morgan fingerprint density at radius 3 is 3.06 bits per heavy atom. The van der Waals surface area contributed by atoms with E-state index in [4.69, 9.17) is 11.6 Å². The Labute approximate surface area is 110 Å². The number of fused-ring (bicyclic) bond motifs is 4. The van der Waals surface area contributed by atoms with Crippen LogP contribution in [0.1, 0.15) is 30.1 Å². The molecule has 92 valence electrons. The van der Waals surface area contributed by atoms with Gasteiger partial charge in [-0.1, -0.05) is 11.6 Å². The number of hydrogen-bond donors (Lipinski definition) is 2. The summed E-state index contributed by atoms with van der Waals surface area (Å²) in [7, 11) is 0. The van der Waals surface area contributed by atoms with Crippen LogP contribution in [0.3, 0.4) is 0 Å². The van der Waals surface area contributed by atoms with Crippen molar-refractivity contribution < 1.29 is 0 Å². The molecule has 0 saturated carbocycles. The van der Waals surface area contributed by atoms with Crippen LogP contribution in [0.25, 0.3) is 11.3 Å². The summed E-state index contributed by atoms with van der Waals surface area (Å²) >= 11 is 5.83. The molecule has 2 atom stereocenters. The molecule has 2 bridgehead atoms. The summed E-state index contributed by atoms with van der Waals surface area (Å²) in [5, 5.41) is 11.8. The van der Waals surface area contributed by atoms with E-state index in [9.17, 15) is 0 Å². The van der Waals surface area contributed by atoms with Crippen molar-refractivity contribution in [2.24, 2.45) is 0 Å². The highest BCUT2D eigenvalue weighted by Crippen LogP contribution is 2.39. The van der Waals surface area contributed by atoms with Gasteiger partial charge in [0.25, 0.3) is 0 Å². The lowest BCUT2D eigenvalue weighted by molar-refractivity contribution is 0.511. The van der Waals surface area contributed by atoms with Crippen LogP contribution in [-0.2, 0) is 6.42 Å². The van der Waals surface area contributed by atoms with Crippen LogP contribution >= 0.6 is 11.6 Å². The van der Waals surface area contributed by atoms with Crippen LogP contribution < -0.4 is 5.32 Å². The third-order valence-corrected chi connectivity index (χ3v) is 4.15. The van der Waals surface area contributed by atoms with Gasteiger partial charge in [0, 0.05) is 41.5 Å². The monoisotopic (exact) mass is 260 g/mol. The van der Waals surface area contributed by atoms with Gasteiger partial charge in [-0.2, -0.15) is 5.10 Å². The summed E-state index contributed by atoms with van der Waals surface area (Å²) in [6, 6.07) is 4.86. The lowest BCUT2D eigenvalue weighted by atomic mass is 9.97. The molecular formula is C13H13ClN4. The normalized spacial score (nSPS) is 25.2. The molecule has 4 rings (SSSR count). The van der Waals surface area contributed by atoms with E-state index in [0.717, 1.165) is 17.7 Å². The van der Waals surface area contributed by atoms with E-state index in [2.05, 4.69) is 20.5 Å². The van der Waals surface area contributed by atoms with E-state index in [0.29, 0.717) is 17.2 Å². The maximum absolute atomic E-state index is 5.83. The number of pyridine rings is 1. The van der Waals surface area contributed by atoms with Gasteiger partial charge in [0.2, 0.25) is 0 Å². The molecule has 2 aliphatic rings. The summed E-state index contributed by atoms with van der Waals surface area (Å²) in [6.45, 7) is 0. The minimum absolute atomic E-state index is 0.447. The Morgan fingerprint density at radius 2 is 2.22 bits per heavy atom. The Bertz CT molecular complexity index is 590. The highest BCUT2D eigenvalue weighted by Gasteiger charge is 2.35. The SMILES string of the molecule is Clc1ccc(-c2n[nH]c3c2[C@H]2CC[C@@H](C3)N2)cn1. The van der Waals surface area contributed by atoms with Crippen molar-refractivity contribution in [1.29, 1.82) is 0 Å². The fourth-order valence-corrected chi connectivity index (χ4v) is 3.22. The predicted molar refractivity (Wildman–Crippen MR) is 69.4 cm³/mol. The molecule has 4 nitrogen and oxygen atoms in total. The fraction of sp³-hybridized carbons (Fsp3) is 0.385. The quantitative estimate of drug-likeness (QED) is 0.775. The first kappa shape index (κ1) is 10.5. The maximum atomic E-state index is 5.83. The van der Waals surface area contributed by atoms with Crippen LogP contribution in [0.4, 0.5) is 0 Å². The van der Waals surface area contributed by atoms with Crippen molar-refractivity contribution in [2.45, 2.75) is 31.3 Å². The van der Waals surface area contributed by atoms with E-state index < -0.39 is 0 Å². The molecular weight excluding hydrogens is 248 g/mol. The van der Waals surface area contributed by atoms with Gasteiger partial charge in [-0.15, -0.1) is 0 Å². The van der Waals surface area contributed by atoms with Gasteiger partial charge in [0.15, 0.2) is 0 Å². The number of nitrogens with one attached hydrogen (secondary N) is 2. The predicted octanol–water partition coefficient (Wildman–Crippen LogP) is 2.47. The molecule has 2 aromatic heterocycles. The van der Waals surface area contributed by atoms with Crippen molar-refractivity contribution in [3.05, 3.63) is 34.7 Å². The van der Waals surface area contributed by atoms with Crippen LogP contribution in [0.5, 0.6) is 0 Å². The Hall–Kier alpha value is -1.39. The van der Waals surface area contributed by atoms with Gasteiger partial charge in [-0.25, -0.2) is 4.98 Å². The van der Waals surface area contributed by atoms with Gasteiger partial charge >= 0.3 is 0 Å². The van der Waals surface area contributed by atoms with Crippen LogP contribution in [0.2, 0.25) is 5.15 Å². The number of halogens is 1. The summed E-state index contributed by atoms with van der Waals surface area (Å²) in [4.78, 5) is 4.14. The first-order chi connectivity index (χ1) is 8.81. The first-order valence-electron chi connectivity index (χ1n) is 6.26. The summed E-state index contributed by atoms with van der Waals surface area (Å²) < 4.78 is 0. The fourth-order valence-electron chi connectivity index (χ4n) is 3.11. The first-order valence-corrected chi connectivity index (χ1v) is 6.64. The van der Waals surface area contributed by atoms with Crippen LogP contribution in [0, 0.1) is 0 Å². The summed E-state index contributed by atoms with van der Waals surface area (Å²) in [5.41, 5.74) is 4.66. The van der Waals surface area contributed by atoms with Crippen molar-refractivity contribution in [3.63, 3.8) is 0 Å². The van der Waals surface area contributed by atoms with E-state index >= 15 is 0 Å². The van der Waals surface area contributed by atoms with Crippen molar-refractivity contribution in [1.82, 2.24) is 20.5 Å². The average molecular weight is 261 g/mol. The lowest BCUT2D eigenvalue weighted by Crippen LogP contribution is -2.31.